The first kappa shape index (κ1) is 12.5. The number of hydrogen-bond donors (Lipinski definition) is 2. The first-order chi connectivity index (χ1) is 8.54. The molecule has 0 spiro atoms. The van der Waals surface area contributed by atoms with Crippen molar-refractivity contribution in [2.75, 3.05) is 0 Å². The molecular weight excluding hydrogens is 300 g/mol. The van der Waals surface area contributed by atoms with Crippen molar-refractivity contribution >= 4 is 21.8 Å². The molecule has 0 fully saturated rings. The number of nitrogens with zero attached hydrogens (tertiary/aromatic N) is 5. The lowest BCUT2D eigenvalue weighted by Crippen LogP contribution is -2.16. The highest BCUT2D eigenvalue weighted by molar-refractivity contribution is 9.10. The second-order valence-corrected chi connectivity index (χ2v) is 4.43. The SMILES string of the molecule is Cc1nn(-c2cnc(C(N)=NO)cn2)c(C)c1Br. The summed E-state index contributed by atoms with van der Waals surface area (Å²) >= 11 is 3.44. The van der Waals surface area contributed by atoms with Gasteiger partial charge in [-0.3, -0.25) is 0 Å². The second-order valence-electron chi connectivity index (χ2n) is 3.64. The van der Waals surface area contributed by atoms with Crippen LogP contribution >= 0.6 is 15.9 Å². The Balaban J connectivity index is 2.43. The van der Waals surface area contributed by atoms with E-state index in [-0.39, 0.29) is 5.84 Å². The molecule has 2 heterocycles. The van der Waals surface area contributed by atoms with Gasteiger partial charge in [0.15, 0.2) is 11.7 Å². The summed E-state index contributed by atoms with van der Waals surface area (Å²) in [6.45, 7) is 3.81. The van der Waals surface area contributed by atoms with Crippen LogP contribution in [0, 0.1) is 13.8 Å². The van der Waals surface area contributed by atoms with Crippen LogP contribution in [0.4, 0.5) is 0 Å². The van der Waals surface area contributed by atoms with Gasteiger partial charge in [0.05, 0.1) is 28.3 Å². The molecule has 0 unspecified atom stereocenters. The molecule has 0 bridgehead atoms. The van der Waals surface area contributed by atoms with Gasteiger partial charge < -0.3 is 10.9 Å². The summed E-state index contributed by atoms with van der Waals surface area (Å²) in [5, 5.41) is 15.7. The first-order valence-electron chi connectivity index (χ1n) is 5.06. The zero-order valence-electron chi connectivity index (χ0n) is 9.79. The summed E-state index contributed by atoms with van der Waals surface area (Å²) in [4.78, 5) is 8.23. The van der Waals surface area contributed by atoms with Gasteiger partial charge in [-0.05, 0) is 29.8 Å². The van der Waals surface area contributed by atoms with E-state index in [1.165, 1.54) is 12.4 Å². The largest absolute Gasteiger partial charge is 0.409 e. The molecule has 18 heavy (non-hydrogen) atoms. The third kappa shape index (κ3) is 2.06. The van der Waals surface area contributed by atoms with E-state index in [2.05, 4.69) is 36.2 Å². The Kier molecular flexibility index (Phi) is 3.28. The minimum atomic E-state index is -0.0800. The Morgan fingerprint density at radius 2 is 2.11 bits per heavy atom. The molecule has 0 radical (unpaired) electrons. The third-order valence-electron chi connectivity index (χ3n) is 2.43. The van der Waals surface area contributed by atoms with Gasteiger partial charge in [0.2, 0.25) is 0 Å². The molecule has 0 saturated heterocycles. The normalized spacial score (nSPS) is 11.8. The predicted octanol–water partition coefficient (Wildman–Crippen LogP) is 1.14. The molecule has 7 nitrogen and oxygen atoms in total. The van der Waals surface area contributed by atoms with E-state index in [9.17, 15) is 0 Å². The lowest BCUT2D eigenvalue weighted by molar-refractivity contribution is 0.318. The molecule has 0 aliphatic carbocycles. The summed E-state index contributed by atoms with van der Waals surface area (Å²) in [7, 11) is 0. The molecular formula is C10H11BrN6O. The lowest BCUT2D eigenvalue weighted by atomic mass is 10.4. The van der Waals surface area contributed by atoms with Gasteiger partial charge in [0.1, 0.15) is 5.69 Å². The first-order valence-corrected chi connectivity index (χ1v) is 5.86. The summed E-state index contributed by atoms with van der Waals surface area (Å²) in [5.74, 6) is 0.486. The summed E-state index contributed by atoms with van der Waals surface area (Å²) in [6.07, 6.45) is 2.94. The van der Waals surface area contributed by atoms with Gasteiger partial charge in [0, 0.05) is 0 Å². The number of nitrogens with two attached hydrogens (primary N) is 1. The Hall–Kier alpha value is -1.96. The third-order valence-corrected chi connectivity index (χ3v) is 3.58. The highest BCUT2D eigenvalue weighted by Gasteiger charge is 2.11. The van der Waals surface area contributed by atoms with E-state index in [0.29, 0.717) is 11.5 Å². The van der Waals surface area contributed by atoms with Gasteiger partial charge in [-0.15, -0.1) is 0 Å². The molecule has 0 aliphatic rings. The molecule has 2 rings (SSSR count). The minimum Gasteiger partial charge on any atom is -0.409 e. The van der Waals surface area contributed by atoms with Crippen LogP contribution in [0.2, 0.25) is 0 Å². The van der Waals surface area contributed by atoms with Gasteiger partial charge in [0.25, 0.3) is 0 Å². The highest BCUT2D eigenvalue weighted by Crippen LogP contribution is 2.21. The van der Waals surface area contributed by atoms with Crippen molar-refractivity contribution in [3.05, 3.63) is 33.9 Å². The van der Waals surface area contributed by atoms with Crippen molar-refractivity contribution in [1.82, 2.24) is 19.7 Å². The fraction of sp³-hybridized carbons (Fsp3) is 0.200. The Morgan fingerprint density at radius 3 is 2.56 bits per heavy atom. The zero-order valence-corrected chi connectivity index (χ0v) is 11.4. The molecule has 3 N–H and O–H groups in total. The molecule has 0 aliphatic heterocycles. The predicted molar refractivity (Wildman–Crippen MR) is 68.8 cm³/mol. The van der Waals surface area contributed by atoms with Crippen molar-refractivity contribution in [1.29, 1.82) is 0 Å². The number of hydrogen-bond acceptors (Lipinski definition) is 5. The fourth-order valence-electron chi connectivity index (χ4n) is 1.46. The van der Waals surface area contributed by atoms with Crippen molar-refractivity contribution in [3.8, 4) is 5.82 Å². The molecule has 94 valence electrons. The van der Waals surface area contributed by atoms with Crippen molar-refractivity contribution in [2.24, 2.45) is 10.9 Å². The van der Waals surface area contributed by atoms with E-state index in [1.807, 2.05) is 13.8 Å². The van der Waals surface area contributed by atoms with Crippen LogP contribution in [0.5, 0.6) is 0 Å². The van der Waals surface area contributed by atoms with Crippen LogP contribution in [-0.2, 0) is 0 Å². The van der Waals surface area contributed by atoms with Crippen molar-refractivity contribution < 1.29 is 5.21 Å². The molecule has 0 amide bonds. The zero-order chi connectivity index (χ0) is 13.3. The van der Waals surface area contributed by atoms with E-state index >= 15 is 0 Å². The summed E-state index contributed by atoms with van der Waals surface area (Å²) < 4.78 is 2.60. The van der Waals surface area contributed by atoms with Crippen molar-refractivity contribution in [2.45, 2.75) is 13.8 Å². The quantitative estimate of drug-likeness (QED) is 0.375. The summed E-state index contributed by atoms with van der Waals surface area (Å²) in [5.41, 5.74) is 7.52. The van der Waals surface area contributed by atoms with Gasteiger partial charge in [-0.2, -0.15) is 5.10 Å². The van der Waals surface area contributed by atoms with E-state index in [4.69, 9.17) is 10.9 Å². The number of amidine groups is 1. The fourth-order valence-corrected chi connectivity index (χ4v) is 1.71. The minimum absolute atomic E-state index is 0.0800. The number of aromatic nitrogens is 4. The Bertz CT molecular complexity index is 604. The van der Waals surface area contributed by atoms with Crippen LogP contribution in [0.15, 0.2) is 22.0 Å². The maximum atomic E-state index is 8.53. The second kappa shape index (κ2) is 4.73. The molecule has 0 atom stereocenters. The van der Waals surface area contributed by atoms with Crippen LogP contribution in [0.25, 0.3) is 5.82 Å². The molecule has 2 aromatic heterocycles. The molecule has 8 heteroatoms. The maximum absolute atomic E-state index is 8.53. The monoisotopic (exact) mass is 310 g/mol. The van der Waals surface area contributed by atoms with Crippen molar-refractivity contribution in [3.63, 3.8) is 0 Å². The van der Waals surface area contributed by atoms with Crippen LogP contribution in [0.3, 0.4) is 0 Å². The summed E-state index contributed by atoms with van der Waals surface area (Å²) in [6, 6.07) is 0. The Morgan fingerprint density at radius 1 is 1.39 bits per heavy atom. The Labute approximate surface area is 111 Å². The van der Waals surface area contributed by atoms with Gasteiger partial charge >= 0.3 is 0 Å². The average molecular weight is 311 g/mol. The van der Waals surface area contributed by atoms with Crippen LogP contribution in [-0.4, -0.2) is 30.8 Å². The lowest BCUT2D eigenvalue weighted by Gasteiger charge is -2.03. The molecule has 2 aromatic rings. The van der Waals surface area contributed by atoms with Gasteiger partial charge in [-0.25, -0.2) is 14.6 Å². The number of halogens is 1. The average Bonchev–Trinajstić information content (AvgIpc) is 2.66. The number of rotatable bonds is 2. The van der Waals surface area contributed by atoms with E-state index in [0.717, 1.165) is 15.9 Å². The smallest absolute Gasteiger partial charge is 0.190 e. The van der Waals surface area contributed by atoms with E-state index in [1.54, 1.807) is 4.68 Å². The number of oxime groups is 1. The van der Waals surface area contributed by atoms with Crippen LogP contribution in [0.1, 0.15) is 17.1 Å². The highest BCUT2D eigenvalue weighted by atomic mass is 79.9. The van der Waals surface area contributed by atoms with Crippen LogP contribution < -0.4 is 5.73 Å². The standard InChI is InChI=1S/C10H11BrN6O/c1-5-9(11)6(2)17(15-5)8-4-13-7(3-14-8)10(12)16-18/h3-4,18H,1-2H3,(H2,12,16). The maximum Gasteiger partial charge on any atom is 0.190 e. The van der Waals surface area contributed by atoms with Gasteiger partial charge in [-0.1, -0.05) is 5.16 Å². The molecule has 0 saturated carbocycles. The number of aryl methyl sites for hydroxylation is 1. The molecule has 0 aromatic carbocycles. The topological polar surface area (TPSA) is 102 Å². The van der Waals surface area contributed by atoms with E-state index < -0.39 is 0 Å².